The number of hydrogen-bond donors (Lipinski definition) is 2. The Morgan fingerprint density at radius 1 is 1.32 bits per heavy atom. The minimum atomic E-state index is -0.552. The predicted octanol–water partition coefficient (Wildman–Crippen LogP) is 0.875. The molecule has 3 amide bonds. The van der Waals surface area contributed by atoms with Crippen molar-refractivity contribution in [2.75, 3.05) is 6.61 Å². The van der Waals surface area contributed by atoms with Crippen LogP contribution in [0.1, 0.15) is 5.56 Å². The number of amides is 3. The number of rotatable bonds is 4. The van der Waals surface area contributed by atoms with Crippen molar-refractivity contribution < 1.29 is 19.1 Å². The highest BCUT2D eigenvalue weighted by Crippen LogP contribution is 2.26. The van der Waals surface area contributed by atoms with E-state index in [4.69, 9.17) is 10.5 Å². The number of imide groups is 1. The van der Waals surface area contributed by atoms with Gasteiger partial charge in [0.05, 0.1) is 4.91 Å². The molecule has 1 aliphatic heterocycles. The summed E-state index contributed by atoms with van der Waals surface area (Å²) in [4.78, 5) is 33.2. The molecule has 1 aliphatic rings. The fraction of sp³-hybridized carbons (Fsp3) is 0.0833. The van der Waals surface area contributed by atoms with Crippen LogP contribution < -0.4 is 15.8 Å². The smallest absolute Gasteiger partial charge is 0.290 e. The number of carbonyl (C=O) groups is 3. The van der Waals surface area contributed by atoms with E-state index in [1.54, 1.807) is 30.3 Å². The topological polar surface area (TPSA) is 98.5 Å². The van der Waals surface area contributed by atoms with Crippen LogP contribution in [-0.4, -0.2) is 23.7 Å². The summed E-state index contributed by atoms with van der Waals surface area (Å²) >= 11 is 0.856. The van der Waals surface area contributed by atoms with Crippen LogP contribution in [0.4, 0.5) is 4.79 Å². The molecule has 0 atom stereocenters. The van der Waals surface area contributed by atoms with Crippen LogP contribution in [0.3, 0.4) is 0 Å². The van der Waals surface area contributed by atoms with Crippen molar-refractivity contribution in [2.45, 2.75) is 0 Å². The van der Waals surface area contributed by atoms with Crippen molar-refractivity contribution in [1.82, 2.24) is 5.32 Å². The van der Waals surface area contributed by atoms with Gasteiger partial charge < -0.3 is 10.5 Å². The van der Waals surface area contributed by atoms with Gasteiger partial charge in [0.25, 0.3) is 17.1 Å². The van der Waals surface area contributed by atoms with E-state index in [0.29, 0.717) is 10.7 Å². The SMILES string of the molecule is NC(=O)COc1ccc(/C=C2\SC(=O)NC2=O)cc1. The molecule has 2 rings (SSSR count). The molecule has 1 aromatic rings. The average Bonchev–Trinajstić information content (AvgIpc) is 2.67. The van der Waals surface area contributed by atoms with Crippen molar-refractivity contribution in [3.8, 4) is 5.75 Å². The van der Waals surface area contributed by atoms with Crippen molar-refractivity contribution in [3.63, 3.8) is 0 Å². The normalized spacial score (nSPS) is 16.5. The number of ether oxygens (including phenoxy) is 1. The van der Waals surface area contributed by atoms with Gasteiger partial charge in [0.2, 0.25) is 0 Å². The second-order valence-corrected chi connectivity index (χ2v) is 4.69. The first-order valence-corrected chi connectivity index (χ1v) is 6.12. The second kappa shape index (κ2) is 5.57. The van der Waals surface area contributed by atoms with E-state index in [-0.39, 0.29) is 11.8 Å². The lowest BCUT2D eigenvalue weighted by atomic mass is 10.2. The van der Waals surface area contributed by atoms with E-state index in [2.05, 4.69) is 5.32 Å². The van der Waals surface area contributed by atoms with E-state index in [1.807, 2.05) is 0 Å². The Bertz CT molecular complexity index is 566. The lowest BCUT2D eigenvalue weighted by Crippen LogP contribution is -2.19. The highest BCUT2D eigenvalue weighted by atomic mass is 32.2. The number of nitrogens with one attached hydrogen (secondary N) is 1. The Morgan fingerprint density at radius 3 is 2.53 bits per heavy atom. The zero-order chi connectivity index (χ0) is 13.8. The summed E-state index contributed by atoms with van der Waals surface area (Å²) in [6.45, 7) is -0.187. The predicted molar refractivity (Wildman–Crippen MR) is 70.2 cm³/mol. The van der Waals surface area contributed by atoms with Crippen LogP contribution in [0, 0.1) is 0 Å². The summed E-state index contributed by atoms with van der Waals surface area (Å²) < 4.78 is 5.10. The molecule has 6 nitrogen and oxygen atoms in total. The highest BCUT2D eigenvalue weighted by molar-refractivity contribution is 8.18. The molecule has 0 aromatic heterocycles. The maximum Gasteiger partial charge on any atom is 0.290 e. The fourth-order valence-corrected chi connectivity index (χ4v) is 2.07. The molecule has 0 aliphatic carbocycles. The van der Waals surface area contributed by atoms with Crippen LogP contribution in [0.15, 0.2) is 29.2 Å². The molecule has 19 heavy (non-hydrogen) atoms. The Kier molecular flexibility index (Phi) is 3.86. The van der Waals surface area contributed by atoms with Crippen molar-refractivity contribution in [3.05, 3.63) is 34.7 Å². The third kappa shape index (κ3) is 3.59. The number of carbonyl (C=O) groups excluding carboxylic acids is 3. The molecule has 1 aromatic carbocycles. The molecule has 0 spiro atoms. The first-order valence-electron chi connectivity index (χ1n) is 5.30. The van der Waals surface area contributed by atoms with Gasteiger partial charge in [0, 0.05) is 0 Å². The molecular weight excluding hydrogens is 268 g/mol. The van der Waals surface area contributed by atoms with E-state index < -0.39 is 11.8 Å². The van der Waals surface area contributed by atoms with Crippen LogP contribution >= 0.6 is 11.8 Å². The molecule has 0 bridgehead atoms. The highest BCUT2D eigenvalue weighted by Gasteiger charge is 2.24. The van der Waals surface area contributed by atoms with Crippen molar-refractivity contribution >= 4 is 34.9 Å². The second-order valence-electron chi connectivity index (χ2n) is 3.68. The van der Waals surface area contributed by atoms with Crippen LogP contribution in [0.5, 0.6) is 5.75 Å². The molecule has 0 saturated carbocycles. The fourth-order valence-electron chi connectivity index (χ4n) is 1.39. The van der Waals surface area contributed by atoms with Gasteiger partial charge in [-0.25, -0.2) is 0 Å². The van der Waals surface area contributed by atoms with Gasteiger partial charge in [-0.15, -0.1) is 0 Å². The lowest BCUT2D eigenvalue weighted by molar-refractivity contribution is -0.120. The monoisotopic (exact) mass is 278 g/mol. The van der Waals surface area contributed by atoms with Crippen LogP contribution in [0.25, 0.3) is 6.08 Å². The molecular formula is C12H10N2O4S. The van der Waals surface area contributed by atoms with E-state index >= 15 is 0 Å². The largest absolute Gasteiger partial charge is 0.484 e. The van der Waals surface area contributed by atoms with E-state index in [9.17, 15) is 14.4 Å². The zero-order valence-electron chi connectivity index (χ0n) is 9.71. The summed E-state index contributed by atoms with van der Waals surface area (Å²) in [5, 5.41) is 1.79. The number of benzene rings is 1. The summed E-state index contributed by atoms with van der Waals surface area (Å²) in [6.07, 6.45) is 1.60. The number of hydrogen-bond acceptors (Lipinski definition) is 5. The first-order chi connectivity index (χ1) is 9.04. The van der Waals surface area contributed by atoms with Gasteiger partial charge in [-0.1, -0.05) is 12.1 Å². The number of nitrogens with two attached hydrogens (primary N) is 1. The maximum absolute atomic E-state index is 11.3. The molecule has 0 unspecified atom stereocenters. The molecule has 1 heterocycles. The minimum Gasteiger partial charge on any atom is -0.484 e. The minimum absolute atomic E-state index is 0.187. The Balaban J connectivity index is 2.06. The van der Waals surface area contributed by atoms with Gasteiger partial charge in [0.1, 0.15) is 5.75 Å². The van der Waals surface area contributed by atoms with E-state index in [0.717, 1.165) is 17.3 Å². The molecule has 1 saturated heterocycles. The Labute approximate surface area is 113 Å². The average molecular weight is 278 g/mol. The molecule has 98 valence electrons. The Hall–Kier alpha value is -2.28. The third-order valence-corrected chi connectivity index (χ3v) is 3.01. The summed E-state index contributed by atoms with van der Waals surface area (Å²) in [5.41, 5.74) is 5.70. The standard InChI is InChI=1S/C12H10N2O4S/c13-10(15)6-18-8-3-1-7(2-4-8)5-9-11(16)14-12(17)19-9/h1-5H,6H2,(H2,13,15)(H,14,16,17)/b9-5-. The van der Waals surface area contributed by atoms with Crippen molar-refractivity contribution in [1.29, 1.82) is 0 Å². The molecule has 1 fully saturated rings. The quantitative estimate of drug-likeness (QED) is 0.796. The number of thioether (sulfide) groups is 1. The maximum atomic E-state index is 11.3. The summed E-state index contributed by atoms with van der Waals surface area (Å²) in [6, 6.07) is 6.71. The summed E-state index contributed by atoms with van der Waals surface area (Å²) in [5.74, 6) is -0.451. The van der Waals surface area contributed by atoms with Crippen LogP contribution in [-0.2, 0) is 9.59 Å². The lowest BCUT2D eigenvalue weighted by Gasteiger charge is -2.03. The molecule has 0 radical (unpaired) electrons. The third-order valence-electron chi connectivity index (χ3n) is 2.20. The van der Waals surface area contributed by atoms with E-state index in [1.165, 1.54) is 0 Å². The van der Waals surface area contributed by atoms with Gasteiger partial charge in [-0.3, -0.25) is 19.7 Å². The Morgan fingerprint density at radius 2 is 2.00 bits per heavy atom. The van der Waals surface area contributed by atoms with Gasteiger partial charge >= 0.3 is 0 Å². The van der Waals surface area contributed by atoms with Crippen molar-refractivity contribution in [2.24, 2.45) is 5.73 Å². The molecule has 3 N–H and O–H groups in total. The zero-order valence-corrected chi connectivity index (χ0v) is 10.5. The van der Waals surface area contributed by atoms with Crippen LogP contribution in [0.2, 0.25) is 0 Å². The van der Waals surface area contributed by atoms with Gasteiger partial charge in [-0.05, 0) is 35.5 Å². The first kappa shape index (κ1) is 13.2. The summed E-state index contributed by atoms with van der Waals surface area (Å²) in [7, 11) is 0. The molecule has 7 heteroatoms. The number of primary amides is 1. The van der Waals surface area contributed by atoms with Gasteiger partial charge in [0.15, 0.2) is 6.61 Å². The van der Waals surface area contributed by atoms with Gasteiger partial charge in [-0.2, -0.15) is 0 Å².